The van der Waals surface area contributed by atoms with E-state index in [4.69, 9.17) is 5.73 Å². The highest BCUT2D eigenvalue weighted by molar-refractivity contribution is 5.22. The van der Waals surface area contributed by atoms with Gasteiger partial charge in [0.25, 0.3) is 0 Å². The molecule has 1 nitrogen and oxygen atoms in total. The first kappa shape index (κ1) is 13.7. The molecular formula is C16H17F2N. The van der Waals surface area contributed by atoms with Crippen LogP contribution in [0.1, 0.15) is 30.0 Å². The van der Waals surface area contributed by atoms with Crippen molar-refractivity contribution >= 4 is 0 Å². The fraction of sp³-hybridized carbons (Fsp3) is 0.250. The summed E-state index contributed by atoms with van der Waals surface area (Å²) in [6.07, 6.45) is 2.38. The van der Waals surface area contributed by atoms with Crippen LogP contribution in [0.15, 0.2) is 48.5 Å². The van der Waals surface area contributed by atoms with Crippen LogP contribution in [0.4, 0.5) is 8.78 Å². The van der Waals surface area contributed by atoms with E-state index in [-0.39, 0.29) is 5.56 Å². The molecule has 0 aromatic heterocycles. The monoisotopic (exact) mass is 261 g/mol. The Morgan fingerprint density at radius 3 is 2.47 bits per heavy atom. The topological polar surface area (TPSA) is 26.0 Å². The van der Waals surface area contributed by atoms with E-state index in [0.717, 1.165) is 25.0 Å². The Kier molecular flexibility index (Phi) is 4.63. The third kappa shape index (κ3) is 3.86. The van der Waals surface area contributed by atoms with Gasteiger partial charge in [0.15, 0.2) is 0 Å². The number of nitrogens with two attached hydrogens (primary N) is 1. The molecule has 2 rings (SSSR count). The molecule has 2 aromatic rings. The van der Waals surface area contributed by atoms with Crippen molar-refractivity contribution in [2.45, 2.75) is 25.3 Å². The van der Waals surface area contributed by atoms with Crippen molar-refractivity contribution in [2.75, 3.05) is 0 Å². The SMILES string of the molecule is NC(CCCc1ccccc1)c1cc(F)ccc1F. The number of aryl methyl sites for hydroxylation is 1. The maximum Gasteiger partial charge on any atom is 0.128 e. The second-order valence-electron chi connectivity index (χ2n) is 4.65. The Balaban J connectivity index is 1.91. The van der Waals surface area contributed by atoms with Gasteiger partial charge in [0.05, 0.1) is 0 Å². The normalized spacial score (nSPS) is 12.4. The number of hydrogen-bond donors (Lipinski definition) is 1. The summed E-state index contributed by atoms with van der Waals surface area (Å²) in [5.74, 6) is -0.886. The molecule has 0 radical (unpaired) electrons. The fourth-order valence-corrected chi connectivity index (χ4v) is 2.13. The van der Waals surface area contributed by atoms with Gasteiger partial charge in [0, 0.05) is 11.6 Å². The highest BCUT2D eigenvalue weighted by Crippen LogP contribution is 2.21. The molecule has 3 heteroatoms. The average Bonchev–Trinajstić information content (AvgIpc) is 2.42. The van der Waals surface area contributed by atoms with Crippen molar-refractivity contribution in [3.05, 3.63) is 71.3 Å². The van der Waals surface area contributed by atoms with Gasteiger partial charge in [0.1, 0.15) is 11.6 Å². The quantitative estimate of drug-likeness (QED) is 0.865. The van der Waals surface area contributed by atoms with E-state index < -0.39 is 17.7 Å². The molecule has 0 saturated carbocycles. The van der Waals surface area contributed by atoms with Gasteiger partial charge in [-0.3, -0.25) is 0 Å². The van der Waals surface area contributed by atoms with Crippen LogP contribution in [-0.4, -0.2) is 0 Å². The van der Waals surface area contributed by atoms with Gasteiger partial charge in [-0.15, -0.1) is 0 Å². The van der Waals surface area contributed by atoms with E-state index in [1.54, 1.807) is 0 Å². The first-order valence-electron chi connectivity index (χ1n) is 6.41. The minimum atomic E-state index is -0.459. The lowest BCUT2D eigenvalue weighted by Crippen LogP contribution is -2.12. The van der Waals surface area contributed by atoms with Crippen LogP contribution in [0, 0.1) is 11.6 Å². The van der Waals surface area contributed by atoms with E-state index in [1.807, 2.05) is 30.3 Å². The summed E-state index contributed by atoms with van der Waals surface area (Å²) >= 11 is 0. The molecule has 0 saturated heterocycles. The zero-order valence-electron chi connectivity index (χ0n) is 10.7. The molecule has 2 N–H and O–H groups in total. The number of benzene rings is 2. The number of hydrogen-bond acceptors (Lipinski definition) is 1. The summed E-state index contributed by atoms with van der Waals surface area (Å²) < 4.78 is 26.6. The molecule has 2 aromatic carbocycles. The standard InChI is InChI=1S/C16H17F2N/c17-13-9-10-15(18)14(11-13)16(19)8-4-7-12-5-2-1-3-6-12/h1-3,5-6,9-11,16H,4,7-8,19H2. The second-order valence-corrected chi connectivity index (χ2v) is 4.65. The van der Waals surface area contributed by atoms with E-state index in [1.165, 1.54) is 11.6 Å². The molecule has 0 bridgehead atoms. The molecule has 0 aliphatic heterocycles. The molecule has 0 spiro atoms. The van der Waals surface area contributed by atoms with Crippen molar-refractivity contribution in [1.29, 1.82) is 0 Å². The van der Waals surface area contributed by atoms with Crippen molar-refractivity contribution in [3.63, 3.8) is 0 Å². The molecule has 0 amide bonds. The smallest absolute Gasteiger partial charge is 0.128 e. The minimum absolute atomic E-state index is 0.257. The highest BCUT2D eigenvalue weighted by Gasteiger charge is 2.12. The molecule has 19 heavy (non-hydrogen) atoms. The number of halogens is 2. The maximum atomic E-state index is 13.5. The van der Waals surface area contributed by atoms with Crippen molar-refractivity contribution in [3.8, 4) is 0 Å². The van der Waals surface area contributed by atoms with Gasteiger partial charge in [-0.05, 0) is 43.0 Å². The van der Waals surface area contributed by atoms with Crippen LogP contribution in [-0.2, 0) is 6.42 Å². The van der Waals surface area contributed by atoms with Crippen LogP contribution in [0.25, 0.3) is 0 Å². The first-order valence-corrected chi connectivity index (χ1v) is 6.41. The van der Waals surface area contributed by atoms with Crippen LogP contribution >= 0.6 is 0 Å². The summed E-state index contributed by atoms with van der Waals surface area (Å²) in [5, 5.41) is 0. The van der Waals surface area contributed by atoms with Gasteiger partial charge >= 0.3 is 0 Å². The third-order valence-electron chi connectivity index (χ3n) is 3.18. The van der Waals surface area contributed by atoms with Crippen LogP contribution < -0.4 is 5.73 Å². The largest absolute Gasteiger partial charge is 0.324 e. The second kappa shape index (κ2) is 6.43. The lowest BCUT2D eigenvalue weighted by molar-refractivity contribution is 0.538. The molecular weight excluding hydrogens is 244 g/mol. The summed E-state index contributed by atoms with van der Waals surface area (Å²) in [5.41, 5.74) is 7.41. The van der Waals surface area contributed by atoms with Gasteiger partial charge in [-0.25, -0.2) is 8.78 Å². The Morgan fingerprint density at radius 2 is 1.74 bits per heavy atom. The number of rotatable bonds is 5. The molecule has 1 unspecified atom stereocenters. The van der Waals surface area contributed by atoms with Crippen molar-refractivity contribution in [1.82, 2.24) is 0 Å². The fourth-order valence-electron chi connectivity index (χ4n) is 2.13. The lowest BCUT2D eigenvalue weighted by Gasteiger charge is -2.13. The highest BCUT2D eigenvalue weighted by atomic mass is 19.1. The molecule has 0 aliphatic rings. The molecule has 0 heterocycles. The van der Waals surface area contributed by atoms with E-state index in [9.17, 15) is 8.78 Å². The Hall–Kier alpha value is -1.74. The molecule has 1 atom stereocenters. The molecule has 0 aliphatic carbocycles. The van der Waals surface area contributed by atoms with Gasteiger partial charge in [0.2, 0.25) is 0 Å². The van der Waals surface area contributed by atoms with E-state index in [0.29, 0.717) is 6.42 Å². The van der Waals surface area contributed by atoms with E-state index >= 15 is 0 Å². The van der Waals surface area contributed by atoms with Crippen molar-refractivity contribution in [2.24, 2.45) is 5.73 Å². The van der Waals surface area contributed by atoms with Gasteiger partial charge in [-0.2, -0.15) is 0 Å². The summed E-state index contributed by atoms with van der Waals surface area (Å²) in [6, 6.07) is 13.0. The average molecular weight is 261 g/mol. The zero-order chi connectivity index (χ0) is 13.7. The predicted molar refractivity (Wildman–Crippen MR) is 72.7 cm³/mol. The summed E-state index contributed by atoms with van der Waals surface area (Å²) in [4.78, 5) is 0. The van der Waals surface area contributed by atoms with E-state index in [2.05, 4.69) is 0 Å². The lowest BCUT2D eigenvalue weighted by atomic mass is 9.99. The van der Waals surface area contributed by atoms with Crippen molar-refractivity contribution < 1.29 is 8.78 Å². The Bertz CT molecular complexity index is 526. The molecule has 100 valence electrons. The van der Waals surface area contributed by atoms with Gasteiger partial charge < -0.3 is 5.73 Å². The minimum Gasteiger partial charge on any atom is -0.324 e. The van der Waals surface area contributed by atoms with Gasteiger partial charge in [-0.1, -0.05) is 30.3 Å². The Labute approximate surface area is 112 Å². The maximum absolute atomic E-state index is 13.5. The summed E-state index contributed by atoms with van der Waals surface area (Å²) in [6.45, 7) is 0. The third-order valence-corrected chi connectivity index (χ3v) is 3.18. The van der Waals surface area contributed by atoms with Crippen LogP contribution in [0.2, 0.25) is 0 Å². The molecule has 0 fully saturated rings. The van der Waals surface area contributed by atoms with Crippen LogP contribution in [0.3, 0.4) is 0 Å². The summed E-state index contributed by atoms with van der Waals surface area (Å²) in [7, 11) is 0. The Morgan fingerprint density at radius 1 is 1.00 bits per heavy atom. The first-order chi connectivity index (χ1) is 9.16. The van der Waals surface area contributed by atoms with Crippen LogP contribution in [0.5, 0.6) is 0 Å². The zero-order valence-corrected chi connectivity index (χ0v) is 10.7. The predicted octanol–water partition coefficient (Wildman–Crippen LogP) is 3.99.